The third-order valence-corrected chi connectivity index (χ3v) is 6.17. The molecule has 2 aromatic heterocycles. The summed E-state index contributed by atoms with van der Waals surface area (Å²) in [6, 6.07) is 5.81. The number of amides is 1. The molecule has 2 aliphatic rings. The van der Waals surface area contributed by atoms with E-state index >= 15 is 0 Å². The number of anilines is 3. The first-order valence-electron chi connectivity index (χ1n) is 10.8. The SMILES string of the molecule is COc1cc(C(=O)N2CCN(C)CC2)ccc1Nc1nc(NC2CC2)c2[nH]cc(Cl)c2n1. The lowest BCUT2D eigenvalue weighted by Crippen LogP contribution is -2.47. The van der Waals surface area contributed by atoms with Crippen molar-refractivity contribution in [2.45, 2.75) is 18.9 Å². The number of piperazine rings is 1. The van der Waals surface area contributed by atoms with Crippen LogP contribution in [0.4, 0.5) is 17.5 Å². The predicted molar refractivity (Wildman–Crippen MR) is 125 cm³/mol. The Balaban J connectivity index is 1.41. The lowest BCUT2D eigenvalue weighted by molar-refractivity contribution is 0.0664. The van der Waals surface area contributed by atoms with Crippen LogP contribution in [0.5, 0.6) is 5.75 Å². The summed E-state index contributed by atoms with van der Waals surface area (Å²) in [5.41, 5.74) is 2.70. The number of carbonyl (C=O) groups is 1. The molecule has 0 spiro atoms. The number of benzene rings is 1. The van der Waals surface area contributed by atoms with E-state index in [1.807, 2.05) is 11.0 Å². The number of aromatic amines is 1. The fourth-order valence-electron chi connectivity index (χ4n) is 3.80. The van der Waals surface area contributed by atoms with E-state index in [1.54, 1.807) is 25.4 Å². The van der Waals surface area contributed by atoms with Gasteiger partial charge in [0.25, 0.3) is 5.91 Å². The van der Waals surface area contributed by atoms with E-state index in [0.29, 0.717) is 45.3 Å². The van der Waals surface area contributed by atoms with Gasteiger partial charge in [-0.25, -0.2) is 4.98 Å². The number of rotatable bonds is 6. The highest BCUT2D eigenvalue weighted by Crippen LogP contribution is 2.33. The second-order valence-corrected chi connectivity index (χ2v) is 8.72. The molecule has 32 heavy (non-hydrogen) atoms. The zero-order chi connectivity index (χ0) is 22.2. The molecule has 0 bridgehead atoms. The van der Waals surface area contributed by atoms with E-state index in [-0.39, 0.29) is 5.91 Å². The lowest BCUT2D eigenvalue weighted by Gasteiger charge is -2.32. The lowest BCUT2D eigenvalue weighted by atomic mass is 10.1. The van der Waals surface area contributed by atoms with E-state index in [1.165, 1.54) is 0 Å². The fourth-order valence-corrected chi connectivity index (χ4v) is 3.99. The van der Waals surface area contributed by atoms with Gasteiger partial charge in [0, 0.05) is 44.0 Å². The zero-order valence-electron chi connectivity index (χ0n) is 18.1. The van der Waals surface area contributed by atoms with Crippen molar-refractivity contribution in [3.8, 4) is 5.75 Å². The van der Waals surface area contributed by atoms with Gasteiger partial charge < -0.3 is 30.2 Å². The fraction of sp³-hybridized carbons (Fsp3) is 0.409. The highest BCUT2D eigenvalue weighted by atomic mass is 35.5. The Morgan fingerprint density at radius 2 is 2.00 bits per heavy atom. The highest BCUT2D eigenvalue weighted by Gasteiger charge is 2.24. The zero-order valence-corrected chi connectivity index (χ0v) is 18.9. The van der Waals surface area contributed by atoms with Gasteiger partial charge in [-0.3, -0.25) is 4.79 Å². The van der Waals surface area contributed by atoms with Crippen LogP contribution in [0.25, 0.3) is 11.0 Å². The van der Waals surface area contributed by atoms with Gasteiger partial charge >= 0.3 is 0 Å². The van der Waals surface area contributed by atoms with E-state index in [0.717, 1.165) is 44.5 Å². The molecule has 1 saturated heterocycles. The number of methoxy groups -OCH3 is 1. The van der Waals surface area contributed by atoms with E-state index in [9.17, 15) is 4.79 Å². The van der Waals surface area contributed by atoms with Gasteiger partial charge in [0.2, 0.25) is 5.95 Å². The minimum atomic E-state index is 0.00986. The molecular formula is C22H26ClN7O2. The predicted octanol–water partition coefficient (Wildman–Crippen LogP) is 3.33. The maximum Gasteiger partial charge on any atom is 0.254 e. The second kappa shape index (κ2) is 8.48. The number of nitrogens with one attached hydrogen (secondary N) is 3. The normalized spacial score (nSPS) is 16.9. The number of nitrogens with zero attached hydrogens (tertiary/aromatic N) is 4. The quantitative estimate of drug-likeness (QED) is 0.524. The number of fused-ring (bicyclic) bond motifs is 1. The van der Waals surface area contributed by atoms with Gasteiger partial charge in [0.05, 0.1) is 17.8 Å². The molecule has 9 nitrogen and oxygen atoms in total. The second-order valence-electron chi connectivity index (χ2n) is 8.31. The molecule has 1 saturated carbocycles. The van der Waals surface area contributed by atoms with Crippen molar-refractivity contribution in [2.24, 2.45) is 0 Å². The Labute approximate surface area is 191 Å². The number of aromatic nitrogens is 3. The van der Waals surface area contributed by atoms with Crippen LogP contribution in [-0.2, 0) is 0 Å². The van der Waals surface area contributed by atoms with Crippen molar-refractivity contribution in [3.63, 3.8) is 0 Å². The number of halogens is 1. The van der Waals surface area contributed by atoms with Crippen molar-refractivity contribution in [1.82, 2.24) is 24.8 Å². The molecule has 0 unspecified atom stereocenters. The first-order chi connectivity index (χ1) is 15.5. The molecular weight excluding hydrogens is 430 g/mol. The Hall–Kier alpha value is -3.04. The van der Waals surface area contributed by atoms with Crippen LogP contribution >= 0.6 is 11.6 Å². The topological polar surface area (TPSA) is 98.4 Å². The van der Waals surface area contributed by atoms with Crippen molar-refractivity contribution < 1.29 is 9.53 Å². The average Bonchev–Trinajstić information content (AvgIpc) is 3.54. The number of carbonyl (C=O) groups excluding carboxylic acids is 1. The first-order valence-corrected chi connectivity index (χ1v) is 11.1. The van der Waals surface area contributed by atoms with Crippen LogP contribution in [0, 0.1) is 0 Å². The summed E-state index contributed by atoms with van der Waals surface area (Å²) in [6.45, 7) is 3.20. The molecule has 1 amide bonds. The minimum absolute atomic E-state index is 0.00986. The molecule has 2 fully saturated rings. The number of ether oxygens (including phenoxy) is 1. The van der Waals surface area contributed by atoms with Crippen LogP contribution in [0.1, 0.15) is 23.2 Å². The summed E-state index contributed by atoms with van der Waals surface area (Å²) in [5, 5.41) is 7.18. The van der Waals surface area contributed by atoms with Crippen molar-refractivity contribution in [2.75, 3.05) is 51.0 Å². The third kappa shape index (κ3) is 4.18. The van der Waals surface area contributed by atoms with E-state index in [2.05, 4.69) is 37.5 Å². The molecule has 3 aromatic rings. The summed E-state index contributed by atoms with van der Waals surface area (Å²) >= 11 is 6.32. The number of hydrogen-bond donors (Lipinski definition) is 3. The van der Waals surface area contributed by atoms with Gasteiger partial charge in [0.15, 0.2) is 5.82 Å². The minimum Gasteiger partial charge on any atom is -0.495 e. The maximum absolute atomic E-state index is 12.9. The van der Waals surface area contributed by atoms with E-state index in [4.69, 9.17) is 16.3 Å². The highest BCUT2D eigenvalue weighted by molar-refractivity contribution is 6.35. The van der Waals surface area contributed by atoms with Gasteiger partial charge in [-0.15, -0.1) is 0 Å². The number of H-pyrrole nitrogens is 1. The van der Waals surface area contributed by atoms with Gasteiger partial charge in [0.1, 0.15) is 16.8 Å². The van der Waals surface area contributed by atoms with Crippen LogP contribution < -0.4 is 15.4 Å². The molecule has 1 aliphatic heterocycles. The number of hydrogen-bond acceptors (Lipinski definition) is 7. The third-order valence-electron chi connectivity index (χ3n) is 5.88. The molecule has 3 N–H and O–H groups in total. The van der Waals surface area contributed by atoms with Crippen LogP contribution in [0.15, 0.2) is 24.4 Å². The smallest absolute Gasteiger partial charge is 0.254 e. The summed E-state index contributed by atoms with van der Waals surface area (Å²) in [6.07, 6.45) is 3.96. The first kappa shape index (κ1) is 20.8. The standard InChI is InChI=1S/C22H26ClN7O2/c1-29-7-9-30(10-8-29)21(31)13-3-6-16(17(11-13)32-2)26-22-27-18-15(23)12-24-19(18)20(28-22)25-14-4-5-14/h3,6,11-12,14,24H,4-5,7-10H2,1-2H3,(H2,25,26,27,28). The Morgan fingerprint density at radius 1 is 1.22 bits per heavy atom. The van der Waals surface area contributed by atoms with Crippen LogP contribution in [-0.4, -0.2) is 77.0 Å². The van der Waals surface area contributed by atoms with Gasteiger partial charge in [-0.05, 0) is 38.1 Å². The van der Waals surface area contributed by atoms with Crippen LogP contribution in [0.3, 0.4) is 0 Å². The summed E-state index contributed by atoms with van der Waals surface area (Å²) in [5.74, 6) is 1.67. The summed E-state index contributed by atoms with van der Waals surface area (Å²) in [4.78, 5) is 29.4. The van der Waals surface area contributed by atoms with E-state index < -0.39 is 0 Å². The van der Waals surface area contributed by atoms with Crippen molar-refractivity contribution >= 4 is 46.0 Å². The van der Waals surface area contributed by atoms with Gasteiger partial charge in [-0.2, -0.15) is 4.98 Å². The molecule has 0 radical (unpaired) electrons. The molecule has 168 valence electrons. The molecule has 1 aromatic carbocycles. The summed E-state index contributed by atoms with van der Waals surface area (Å²) < 4.78 is 5.57. The average molecular weight is 456 g/mol. The monoisotopic (exact) mass is 455 g/mol. The van der Waals surface area contributed by atoms with Crippen molar-refractivity contribution in [1.29, 1.82) is 0 Å². The maximum atomic E-state index is 12.9. The Bertz CT molecular complexity index is 1150. The molecule has 10 heteroatoms. The molecule has 3 heterocycles. The largest absolute Gasteiger partial charge is 0.495 e. The van der Waals surface area contributed by atoms with Gasteiger partial charge in [-0.1, -0.05) is 11.6 Å². The van der Waals surface area contributed by atoms with Crippen molar-refractivity contribution in [3.05, 3.63) is 35.0 Å². The number of likely N-dealkylation sites (N-methyl/N-ethyl adjacent to an activating group) is 1. The Kier molecular flexibility index (Phi) is 5.52. The summed E-state index contributed by atoms with van der Waals surface area (Å²) in [7, 11) is 3.65. The van der Waals surface area contributed by atoms with Crippen LogP contribution in [0.2, 0.25) is 5.02 Å². The molecule has 5 rings (SSSR count). The Morgan fingerprint density at radius 3 is 2.72 bits per heavy atom. The molecule has 0 atom stereocenters. The molecule has 1 aliphatic carbocycles.